The van der Waals surface area contributed by atoms with Crippen LogP contribution in [0, 0.1) is 11.3 Å². The molecule has 0 saturated carbocycles. The number of aryl methyl sites for hydroxylation is 1. The number of ether oxygens (including phenoxy) is 3. The summed E-state index contributed by atoms with van der Waals surface area (Å²) in [6, 6.07) is 20.5. The fourth-order valence-electron chi connectivity index (χ4n) is 4.46. The summed E-state index contributed by atoms with van der Waals surface area (Å²) in [6.07, 6.45) is 0.858. The molecule has 0 aromatic heterocycles. The largest absolute Gasteiger partial charge is 0.486 e. The Morgan fingerprint density at radius 2 is 1.84 bits per heavy atom. The minimum atomic E-state index is -0.779. The highest BCUT2D eigenvalue weighted by molar-refractivity contribution is 6.31. The summed E-state index contributed by atoms with van der Waals surface area (Å²) < 4.78 is 17.0. The fourth-order valence-corrected chi connectivity index (χ4v) is 4.69. The summed E-state index contributed by atoms with van der Waals surface area (Å²) >= 11 is 6.35. The van der Waals surface area contributed by atoms with Crippen LogP contribution in [0.15, 0.2) is 78.0 Å². The van der Waals surface area contributed by atoms with E-state index in [1.807, 2.05) is 18.2 Å². The summed E-state index contributed by atoms with van der Waals surface area (Å²) in [5.41, 5.74) is 3.43. The molecule has 8 nitrogen and oxygen atoms in total. The van der Waals surface area contributed by atoms with E-state index in [2.05, 4.69) is 16.7 Å². The van der Waals surface area contributed by atoms with Crippen molar-refractivity contribution in [2.75, 3.05) is 13.2 Å². The standard InChI is InChI=1S/C29H24ClN3O5/c30-22-7-2-1-6-20(22)8-10-23-26(28(34)38-17-19-5-3-4-18(14-19)16-31)27(33-29(35)32-23)21-9-11-24-25(15-21)37-13-12-36-24/h1-7,9,11,14-15,27H,8,10,12-13,17H2,(H2,32,33,35). The van der Waals surface area contributed by atoms with Gasteiger partial charge >= 0.3 is 12.0 Å². The number of esters is 1. The zero-order valence-corrected chi connectivity index (χ0v) is 21.1. The van der Waals surface area contributed by atoms with E-state index in [9.17, 15) is 14.9 Å². The van der Waals surface area contributed by atoms with Gasteiger partial charge in [-0.1, -0.05) is 48.0 Å². The van der Waals surface area contributed by atoms with Gasteiger partial charge in [0, 0.05) is 10.7 Å². The highest BCUT2D eigenvalue weighted by atomic mass is 35.5. The molecular formula is C29H24ClN3O5. The van der Waals surface area contributed by atoms with E-state index in [1.165, 1.54) is 0 Å². The van der Waals surface area contributed by atoms with Gasteiger partial charge in [-0.15, -0.1) is 0 Å². The van der Waals surface area contributed by atoms with Gasteiger partial charge in [0.25, 0.3) is 0 Å². The Labute approximate surface area is 224 Å². The highest BCUT2D eigenvalue weighted by Gasteiger charge is 2.34. The molecule has 2 heterocycles. The van der Waals surface area contributed by atoms with Crippen LogP contribution in [0.4, 0.5) is 4.79 Å². The van der Waals surface area contributed by atoms with E-state index < -0.39 is 18.0 Å². The third kappa shape index (κ3) is 5.58. The van der Waals surface area contributed by atoms with Gasteiger partial charge < -0.3 is 24.8 Å². The van der Waals surface area contributed by atoms with Crippen LogP contribution < -0.4 is 20.1 Å². The number of urea groups is 1. The van der Waals surface area contributed by atoms with Crippen molar-refractivity contribution in [2.24, 2.45) is 0 Å². The van der Waals surface area contributed by atoms with Crippen molar-refractivity contribution >= 4 is 23.6 Å². The lowest BCUT2D eigenvalue weighted by molar-refractivity contribution is -0.140. The molecule has 0 saturated heterocycles. The Balaban J connectivity index is 1.48. The van der Waals surface area contributed by atoms with E-state index in [-0.39, 0.29) is 12.2 Å². The average molecular weight is 530 g/mol. The van der Waals surface area contributed by atoms with Crippen LogP contribution >= 0.6 is 11.6 Å². The molecule has 0 fully saturated rings. The van der Waals surface area contributed by atoms with E-state index >= 15 is 0 Å². The van der Waals surface area contributed by atoms with Gasteiger partial charge in [-0.25, -0.2) is 9.59 Å². The lowest BCUT2D eigenvalue weighted by atomic mass is 9.92. The first-order valence-electron chi connectivity index (χ1n) is 12.1. The molecule has 5 rings (SSSR count). The summed E-state index contributed by atoms with van der Waals surface area (Å²) in [5.74, 6) is 0.554. The Morgan fingerprint density at radius 3 is 2.66 bits per heavy atom. The van der Waals surface area contributed by atoms with Crippen molar-refractivity contribution in [3.05, 3.63) is 105 Å². The predicted octanol–water partition coefficient (Wildman–Crippen LogP) is 4.97. The fraction of sp³-hybridized carbons (Fsp3) is 0.207. The summed E-state index contributed by atoms with van der Waals surface area (Å²) in [5, 5.41) is 15.4. The molecule has 2 aliphatic heterocycles. The van der Waals surface area contributed by atoms with Crippen molar-refractivity contribution in [3.63, 3.8) is 0 Å². The third-order valence-corrected chi connectivity index (χ3v) is 6.67. The number of nitrogens with zero attached hydrogens (tertiary/aromatic N) is 1. The third-order valence-electron chi connectivity index (χ3n) is 6.30. The number of nitrogens with one attached hydrogen (secondary N) is 2. The molecule has 3 aromatic rings. The number of amides is 2. The Bertz CT molecular complexity index is 1460. The van der Waals surface area contributed by atoms with E-state index in [0.29, 0.717) is 65.0 Å². The van der Waals surface area contributed by atoms with Crippen LogP contribution in [0.1, 0.15) is 34.7 Å². The summed E-state index contributed by atoms with van der Waals surface area (Å²) in [6.45, 7) is 0.829. The van der Waals surface area contributed by atoms with Crippen LogP contribution in [0.3, 0.4) is 0 Å². The maximum Gasteiger partial charge on any atom is 0.338 e. The maximum absolute atomic E-state index is 13.6. The highest BCUT2D eigenvalue weighted by Crippen LogP contribution is 2.37. The quantitative estimate of drug-likeness (QED) is 0.418. The van der Waals surface area contributed by atoms with Crippen LogP contribution in [-0.2, 0) is 22.6 Å². The molecule has 0 radical (unpaired) electrons. The zero-order valence-electron chi connectivity index (χ0n) is 20.3. The van der Waals surface area contributed by atoms with Crippen LogP contribution in [0.5, 0.6) is 11.5 Å². The van der Waals surface area contributed by atoms with Crippen LogP contribution in [0.25, 0.3) is 0 Å². The molecule has 2 amide bonds. The predicted molar refractivity (Wildman–Crippen MR) is 140 cm³/mol. The number of allylic oxidation sites excluding steroid dienone is 1. The van der Waals surface area contributed by atoms with Crippen molar-refractivity contribution in [3.8, 4) is 17.6 Å². The second-order valence-corrected chi connectivity index (χ2v) is 9.21. The van der Waals surface area contributed by atoms with Gasteiger partial charge in [-0.3, -0.25) is 0 Å². The minimum Gasteiger partial charge on any atom is -0.486 e. The molecule has 1 unspecified atom stereocenters. The van der Waals surface area contributed by atoms with E-state index in [1.54, 1.807) is 48.5 Å². The number of nitriles is 1. The second kappa shape index (κ2) is 11.3. The molecular weight excluding hydrogens is 506 g/mol. The molecule has 192 valence electrons. The summed E-state index contributed by atoms with van der Waals surface area (Å²) in [4.78, 5) is 26.3. The lowest BCUT2D eigenvalue weighted by Gasteiger charge is -2.30. The van der Waals surface area contributed by atoms with Gasteiger partial charge in [0.15, 0.2) is 11.5 Å². The SMILES string of the molecule is N#Cc1cccc(COC(=O)C2=C(CCc3ccccc3Cl)NC(=O)NC2c2ccc3c(c2)OCCO3)c1. The number of carbonyl (C=O) groups is 2. The van der Waals surface area contributed by atoms with Crippen molar-refractivity contribution < 1.29 is 23.8 Å². The summed E-state index contributed by atoms with van der Waals surface area (Å²) in [7, 11) is 0. The second-order valence-electron chi connectivity index (χ2n) is 8.81. The molecule has 0 aliphatic carbocycles. The Hall–Kier alpha value is -4.48. The number of carbonyl (C=O) groups excluding carboxylic acids is 2. The van der Waals surface area contributed by atoms with Gasteiger partial charge in [0.05, 0.1) is 23.2 Å². The normalized spacial score (nSPS) is 16.2. The molecule has 1 atom stereocenters. The van der Waals surface area contributed by atoms with E-state index in [0.717, 1.165) is 5.56 Å². The number of fused-ring (bicyclic) bond motifs is 1. The smallest absolute Gasteiger partial charge is 0.338 e. The minimum absolute atomic E-state index is 0.0303. The monoisotopic (exact) mass is 529 g/mol. The van der Waals surface area contributed by atoms with Crippen molar-refractivity contribution in [1.82, 2.24) is 10.6 Å². The molecule has 38 heavy (non-hydrogen) atoms. The molecule has 2 N–H and O–H groups in total. The van der Waals surface area contributed by atoms with Gasteiger partial charge in [-0.05, 0) is 59.9 Å². The Morgan fingerprint density at radius 1 is 1.03 bits per heavy atom. The molecule has 0 spiro atoms. The van der Waals surface area contributed by atoms with E-state index in [4.69, 9.17) is 25.8 Å². The van der Waals surface area contributed by atoms with Gasteiger partial charge in [0.2, 0.25) is 0 Å². The first-order chi connectivity index (χ1) is 18.5. The van der Waals surface area contributed by atoms with Crippen LogP contribution in [-0.4, -0.2) is 25.2 Å². The lowest BCUT2D eigenvalue weighted by Crippen LogP contribution is -2.46. The van der Waals surface area contributed by atoms with Gasteiger partial charge in [0.1, 0.15) is 19.8 Å². The topological polar surface area (TPSA) is 110 Å². The molecule has 2 aliphatic rings. The maximum atomic E-state index is 13.6. The average Bonchev–Trinajstić information content (AvgIpc) is 2.95. The number of hydrogen-bond donors (Lipinski definition) is 2. The number of benzene rings is 3. The van der Waals surface area contributed by atoms with Crippen molar-refractivity contribution in [2.45, 2.75) is 25.5 Å². The van der Waals surface area contributed by atoms with Crippen molar-refractivity contribution in [1.29, 1.82) is 5.26 Å². The first-order valence-corrected chi connectivity index (χ1v) is 12.5. The molecule has 3 aromatic carbocycles. The van der Waals surface area contributed by atoms with Crippen LogP contribution in [0.2, 0.25) is 5.02 Å². The first kappa shape index (κ1) is 25.2. The number of rotatable bonds is 7. The zero-order chi connectivity index (χ0) is 26.5. The number of hydrogen-bond acceptors (Lipinski definition) is 6. The van der Waals surface area contributed by atoms with Gasteiger partial charge in [-0.2, -0.15) is 5.26 Å². The molecule has 0 bridgehead atoms. The molecule has 9 heteroatoms. The number of halogens is 1. The Kier molecular flexibility index (Phi) is 7.47.